The number of carbonyl (C=O) groups excluding carboxylic acids is 1. The van der Waals surface area contributed by atoms with Gasteiger partial charge in [-0.3, -0.25) is 14.6 Å². The van der Waals surface area contributed by atoms with Crippen molar-refractivity contribution in [3.8, 4) is 0 Å². The van der Waals surface area contributed by atoms with Crippen LogP contribution in [0.15, 0.2) is 22.2 Å². The fraction of sp³-hybridized carbons (Fsp3) is 0.562. The molecule has 2 aromatic rings. The molecule has 0 bridgehead atoms. The molecule has 2 aromatic heterocycles. The molecule has 1 saturated heterocycles. The van der Waals surface area contributed by atoms with Crippen LogP contribution in [0.5, 0.6) is 0 Å². The lowest BCUT2D eigenvalue weighted by Crippen LogP contribution is -2.42. The minimum absolute atomic E-state index is 0.00317. The first-order chi connectivity index (χ1) is 11.5. The fourth-order valence-corrected chi connectivity index (χ4v) is 3.49. The SMILES string of the molecule is Cc1cnc(CN(C)[C@@H]2CCN([C@@H](C)C(=O)Nc3nccs3)C2)o1. The Morgan fingerprint density at radius 3 is 3.08 bits per heavy atom. The minimum Gasteiger partial charge on any atom is -0.445 e. The van der Waals surface area contributed by atoms with Crippen molar-refractivity contribution in [1.82, 2.24) is 19.8 Å². The van der Waals surface area contributed by atoms with Crippen LogP contribution in [0, 0.1) is 6.92 Å². The summed E-state index contributed by atoms with van der Waals surface area (Å²) in [5.74, 6) is 1.57. The van der Waals surface area contributed by atoms with Crippen molar-refractivity contribution in [2.24, 2.45) is 0 Å². The molecule has 1 fully saturated rings. The number of anilines is 1. The molecule has 2 atom stereocenters. The van der Waals surface area contributed by atoms with Gasteiger partial charge in [0.2, 0.25) is 11.8 Å². The van der Waals surface area contributed by atoms with Crippen LogP contribution < -0.4 is 5.32 Å². The maximum atomic E-state index is 12.3. The van der Waals surface area contributed by atoms with Crippen molar-refractivity contribution < 1.29 is 9.21 Å². The second-order valence-corrected chi connectivity index (χ2v) is 7.11. The molecule has 0 aliphatic carbocycles. The van der Waals surface area contributed by atoms with Crippen LogP contribution >= 0.6 is 11.3 Å². The third kappa shape index (κ3) is 4.00. The fourth-order valence-electron chi connectivity index (χ4n) is 2.96. The normalized spacial score (nSPS) is 19.8. The van der Waals surface area contributed by atoms with E-state index in [4.69, 9.17) is 4.42 Å². The summed E-state index contributed by atoms with van der Waals surface area (Å²) in [7, 11) is 2.08. The topological polar surface area (TPSA) is 74.5 Å². The van der Waals surface area contributed by atoms with E-state index in [0.717, 1.165) is 31.2 Å². The first-order valence-electron chi connectivity index (χ1n) is 8.09. The van der Waals surface area contributed by atoms with Gasteiger partial charge in [0.15, 0.2) is 5.13 Å². The molecule has 1 N–H and O–H groups in total. The number of amides is 1. The molecule has 130 valence electrons. The molecule has 0 saturated carbocycles. The van der Waals surface area contributed by atoms with Gasteiger partial charge in [0.05, 0.1) is 18.8 Å². The number of carbonyl (C=O) groups is 1. The summed E-state index contributed by atoms with van der Waals surface area (Å²) in [5.41, 5.74) is 0. The van der Waals surface area contributed by atoms with Crippen molar-refractivity contribution >= 4 is 22.4 Å². The van der Waals surface area contributed by atoms with E-state index in [2.05, 4.69) is 32.1 Å². The molecule has 0 unspecified atom stereocenters. The van der Waals surface area contributed by atoms with Crippen LogP contribution in [-0.2, 0) is 11.3 Å². The Labute approximate surface area is 145 Å². The highest BCUT2D eigenvalue weighted by Gasteiger charge is 2.32. The highest BCUT2D eigenvalue weighted by atomic mass is 32.1. The van der Waals surface area contributed by atoms with Crippen LogP contribution in [-0.4, -0.2) is 57.9 Å². The summed E-state index contributed by atoms with van der Waals surface area (Å²) in [6.07, 6.45) is 4.47. The molecule has 24 heavy (non-hydrogen) atoms. The van der Waals surface area contributed by atoms with Gasteiger partial charge in [-0.15, -0.1) is 11.3 Å². The summed E-state index contributed by atoms with van der Waals surface area (Å²) in [6, 6.07) is 0.226. The number of likely N-dealkylation sites (tertiary alicyclic amines) is 1. The number of hydrogen-bond acceptors (Lipinski definition) is 7. The standard InChI is InChI=1S/C16H23N5O2S/c1-11-8-18-14(23-11)10-20(3)13-4-6-21(9-13)12(2)15(22)19-16-17-5-7-24-16/h5,7-8,12-13H,4,6,9-10H2,1-3H3,(H,17,19,22)/t12-,13+/m0/s1. The first kappa shape index (κ1) is 17.1. The van der Waals surface area contributed by atoms with E-state index in [1.165, 1.54) is 11.3 Å². The highest BCUT2D eigenvalue weighted by molar-refractivity contribution is 7.13. The smallest absolute Gasteiger partial charge is 0.243 e. The van der Waals surface area contributed by atoms with E-state index in [1.54, 1.807) is 12.4 Å². The maximum Gasteiger partial charge on any atom is 0.243 e. The summed E-state index contributed by atoms with van der Waals surface area (Å²) < 4.78 is 5.55. The van der Waals surface area contributed by atoms with Crippen LogP contribution in [0.2, 0.25) is 0 Å². The van der Waals surface area contributed by atoms with Crippen molar-refractivity contribution in [2.75, 3.05) is 25.5 Å². The Hall–Kier alpha value is -1.77. The second-order valence-electron chi connectivity index (χ2n) is 6.22. The summed E-state index contributed by atoms with van der Waals surface area (Å²) in [4.78, 5) is 25.2. The summed E-state index contributed by atoms with van der Waals surface area (Å²) in [5, 5.41) is 5.38. The number of thiazole rings is 1. The molecular weight excluding hydrogens is 326 g/mol. The molecule has 0 aromatic carbocycles. The van der Waals surface area contributed by atoms with Gasteiger partial charge in [0, 0.05) is 30.7 Å². The number of oxazole rings is 1. The molecule has 1 amide bonds. The Morgan fingerprint density at radius 2 is 2.42 bits per heavy atom. The van der Waals surface area contributed by atoms with Gasteiger partial charge in [-0.2, -0.15) is 0 Å². The quantitative estimate of drug-likeness (QED) is 0.859. The third-order valence-corrected chi connectivity index (χ3v) is 5.15. The largest absolute Gasteiger partial charge is 0.445 e. The summed E-state index contributed by atoms with van der Waals surface area (Å²) in [6.45, 7) is 6.31. The zero-order valence-electron chi connectivity index (χ0n) is 14.2. The van der Waals surface area contributed by atoms with Gasteiger partial charge in [-0.05, 0) is 27.3 Å². The molecule has 0 radical (unpaired) electrons. The van der Waals surface area contributed by atoms with Gasteiger partial charge < -0.3 is 9.73 Å². The molecule has 1 aliphatic heterocycles. The van der Waals surface area contributed by atoms with E-state index in [1.807, 2.05) is 19.2 Å². The number of rotatable bonds is 6. The lowest BCUT2D eigenvalue weighted by molar-refractivity contribution is -0.120. The first-order valence-corrected chi connectivity index (χ1v) is 8.97. The molecule has 3 heterocycles. The van der Waals surface area contributed by atoms with Gasteiger partial charge in [-0.1, -0.05) is 0 Å². The number of aromatic nitrogens is 2. The number of likely N-dealkylation sites (N-methyl/N-ethyl adjacent to an activating group) is 1. The Kier molecular flexibility index (Phi) is 5.27. The van der Waals surface area contributed by atoms with Crippen molar-refractivity contribution in [3.63, 3.8) is 0 Å². The molecule has 3 rings (SSSR count). The highest BCUT2D eigenvalue weighted by Crippen LogP contribution is 2.20. The van der Waals surface area contributed by atoms with Gasteiger partial charge in [-0.25, -0.2) is 9.97 Å². The minimum atomic E-state index is -0.170. The maximum absolute atomic E-state index is 12.3. The lowest BCUT2D eigenvalue weighted by atomic mass is 10.2. The number of hydrogen-bond donors (Lipinski definition) is 1. The Balaban J connectivity index is 1.51. The second kappa shape index (κ2) is 7.42. The van der Waals surface area contributed by atoms with E-state index < -0.39 is 0 Å². The van der Waals surface area contributed by atoms with Crippen molar-refractivity contribution in [1.29, 1.82) is 0 Å². The van der Waals surface area contributed by atoms with E-state index in [0.29, 0.717) is 17.7 Å². The van der Waals surface area contributed by atoms with Crippen LogP contribution in [0.4, 0.5) is 5.13 Å². The predicted octanol–water partition coefficient (Wildman–Crippen LogP) is 1.97. The molecule has 8 heteroatoms. The van der Waals surface area contributed by atoms with Gasteiger partial charge in [0.1, 0.15) is 5.76 Å². The molecule has 0 spiro atoms. The lowest BCUT2D eigenvalue weighted by Gasteiger charge is -2.26. The number of nitrogens with one attached hydrogen (secondary N) is 1. The molecule has 1 aliphatic rings. The predicted molar refractivity (Wildman–Crippen MR) is 92.9 cm³/mol. The number of aryl methyl sites for hydroxylation is 1. The van der Waals surface area contributed by atoms with E-state index in [9.17, 15) is 4.79 Å². The van der Waals surface area contributed by atoms with Crippen molar-refractivity contribution in [3.05, 3.63) is 29.4 Å². The van der Waals surface area contributed by atoms with Crippen LogP contribution in [0.3, 0.4) is 0 Å². The molecular formula is C16H23N5O2S. The average molecular weight is 349 g/mol. The van der Waals surface area contributed by atoms with Crippen molar-refractivity contribution in [2.45, 2.75) is 38.9 Å². The van der Waals surface area contributed by atoms with E-state index >= 15 is 0 Å². The molecule has 7 nitrogen and oxygen atoms in total. The monoisotopic (exact) mass is 349 g/mol. The Morgan fingerprint density at radius 1 is 1.58 bits per heavy atom. The number of nitrogens with zero attached hydrogens (tertiary/aromatic N) is 4. The third-order valence-electron chi connectivity index (χ3n) is 4.46. The van der Waals surface area contributed by atoms with E-state index in [-0.39, 0.29) is 11.9 Å². The Bertz CT molecular complexity index is 672. The average Bonchev–Trinajstić information content (AvgIpc) is 3.28. The van der Waals surface area contributed by atoms with Gasteiger partial charge >= 0.3 is 0 Å². The summed E-state index contributed by atoms with van der Waals surface area (Å²) >= 11 is 1.43. The van der Waals surface area contributed by atoms with Gasteiger partial charge in [0.25, 0.3) is 0 Å². The zero-order valence-corrected chi connectivity index (χ0v) is 15.0. The van der Waals surface area contributed by atoms with Crippen LogP contribution in [0.1, 0.15) is 25.0 Å². The van der Waals surface area contributed by atoms with Crippen LogP contribution in [0.25, 0.3) is 0 Å². The zero-order chi connectivity index (χ0) is 17.1.